The lowest BCUT2D eigenvalue weighted by Gasteiger charge is -2.32. The number of hydrogen-bond donors (Lipinski definition) is 2. The minimum atomic E-state index is -0.399. The lowest BCUT2D eigenvalue weighted by Crippen LogP contribution is -2.40. The zero-order valence-electron chi connectivity index (χ0n) is 12.3. The standard InChI is InChI=1S/C15H19N5O2/c21-8-13(22)19-5-2-10(3-6-19)20-9-18-12-7-17-15-11(14(12)20)1-4-16-15/h7,9-10,21H,1-6,8H2,(H,16,17). The van der Waals surface area contributed by atoms with Crippen LogP contribution in [0.5, 0.6) is 0 Å². The number of fused-ring (bicyclic) bond motifs is 3. The van der Waals surface area contributed by atoms with E-state index in [1.165, 1.54) is 11.1 Å². The molecule has 2 aliphatic rings. The predicted molar refractivity (Wildman–Crippen MR) is 81.7 cm³/mol. The fraction of sp³-hybridized carbons (Fsp3) is 0.533. The number of pyridine rings is 1. The largest absolute Gasteiger partial charge is 0.387 e. The summed E-state index contributed by atoms with van der Waals surface area (Å²) in [4.78, 5) is 22.2. The first-order chi connectivity index (χ1) is 10.8. The molecule has 7 heteroatoms. The lowest BCUT2D eigenvalue weighted by molar-refractivity contribution is -0.135. The Hall–Kier alpha value is -2.15. The minimum absolute atomic E-state index is 0.178. The molecule has 4 heterocycles. The molecule has 0 unspecified atom stereocenters. The summed E-state index contributed by atoms with van der Waals surface area (Å²) >= 11 is 0. The molecule has 1 saturated heterocycles. The topological polar surface area (TPSA) is 83.3 Å². The second kappa shape index (κ2) is 5.24. The first-order valence-electron chi connectivity index (χ1n) is 7.75. The minimum Gasteiger partial charge on any atom is -0.387 e. The van der Waals surface area contributed by atoms with Gasteiger partial charge in [0.15, 0.2) is 0 Å². The lowest BCUT2D eigenvalue weighted by atomic mass is 10.0. The van der Waals surface area contributed by atoms with E-state index in [0.29, 0.717) is 19.1 Å². The van der Waals surface area contributed by atoms with Crippen molar-refractivity contribution >= 4 is 22.8 Å². The zero-order chi connectivity index (χ0) is 15.1. The van der Waals surface area contributed by atoms with Gasteiger partial charge < -0.3 is 19.9 Å². The van der Waals surface area contributed by atoms with Gasteiger partial charge in [0.25, 0.3) is 0 Å². The van der Waals surface area contributed by atoms with Gasteiger partial charge >= 0.3 is 0 Å². The summed E-state index contributed by atoms with van der Waals surface area (Å²) in [5.74, 6) is 0.797. The maximum Gasteiger partial charge on any atom is 0.248 e. The van der Waals surface area contributed by atoms with Crippen LogP contribution in [0.15, 0.2) is 12.5 Å². The number of aliphatic hydroxyl groups is 1. The van der Waals surface area contributed by atoms with E-state index in [1.54, 1.807) is 4.90 Å². The second-order valence-electron chi connectivity index (χ2n) is 5.92. The van der Waals surface area contributed by atoms with Crippen molar-refractivity contribution in [2.45, 2.75) is 25.3 Å². The smallest absolute Gasteiger partial charge is 0.248 e. The molecule has 2 aliphatic heterocycles. The third-order valence-electron chi connectivity index (χ3n) is 4.72. The highest BCUT2D eigenvalue weighted by atomic mass is 16.3. The second-order valence-corrected chi connectivity index (χ2v) is 5.92. The predicted octanol–water partition coefficient (Wildman–Crippen LogP) is 0.555. The maximum absolute atomic E-state index is 11.6. The van der Waals surface area contributed by atoms with Gasteiger partial charge in [0, 0.05) is 31.2 Å². The number of carbonyl (C=O) groups is 1. The number of imidazole rings is 1. The Bertz CT molecular complexity index is 718. The average molecular weight is 301 g/mol. The molecule has 1 fully saturated rings. The van der Waals surface area contributed by atoms with Crippen molar-refractivity contribution in [2.75, 3.05) is 31.6 Å². The molecule has 0 radical (unpaired) electrons. The number of hydrogen-bond acceptors (Lipinski definition) is 5. The quantitative estimate of drug-likeness (QED) is 0.846. The Kier molecular flexibility index (Phi) is 3.22. The van der Waals surface area contributed by atoms with Crippen LogP contribution in [-0.4, -0.2) is 56.7 Å². The third kappa shape index (κ3) is 2.04. The summed E-state index contributed by atoms with van der Waals surface area (Å²) in [6, 6.07) is 0.347. The summed E-state index contributed by atoms with van der Waals surface area (Å²) in [7, 11) is 0. The molecule has 0 aromatic carbocycles. The molecule has 4 rings (SSSR count). The zero-order valence-corrected chi connectivity index (χ0v) is 12.3. The molecule has 0 aliphatic carbocycles. The Morgan fingerprint density at radius 1 is 1.36 bits per heavy atom. The molecule has 2 N–H and O–H groups in total. The number of piperidine rings is 1. The maximum atomic E-state index is 11.6. The summed E-state index contributed by atoms with van der Waals surface area (Å²) in [6.07, 6.45) is 6.49. The van der Waals surface area contributed by atoms with Gasteiger partial charge in [-0.15, -0.1) is 0 Å². The van der Waals surface area contributed by atoms with Crippen LogP contribution in [0.1, 0.15) is 24.4 Å². The molecule has 7 nitrogen and oxygen atoms in total. The number of aliphatic hydroxyl groups excluding tert-OH is 1. The van der Waals surface area contributed by atoms with E-state index >= 15 is 0 Å². The molecule has 0 bridgehead atoms. The molecule has 1 amide bonds. The van der Waals surface area contributed by atoms with Gasteiger partial charge in [-0.1, -0.05) is 0 Å². The Balaban J connectivity index is 1.63. The van der Waals surface area contributed by atoms with Gasteiger partial charge in [-0.3, -0.25) is 4.79 Å². The molecule has 0 saturated carbocycles. The first-order valence-corrected chi connectivity index (χ1v) is 7.75. The van der Waals surface area contributed by atoms with Crippen molar-refractivity contribution in [1.29, 1.82) is 0 Å². The number of nitrogens with zero attached hydrogens (tertiary/aromatic N) is 4. The van der Waals surface area contributed by atoms with Crippen LogP contribution in [0.3, 0.4) is 0 Å². The molecular weight excluding hydrogens is 282 g/mol. The van der Waals surface area contributed by atoms with Gasteiger partial charge in [0.05, 0.1) is 18.0 Å². The molecule has 0 spiro atoms. The van der Waals surface area contributed by atoms with Crippen molar-refractivity contribution in [1.82, 2.24) is 19.4 Å². The highest BCUT2D eigenvalue weighted by Crippen LogP contribution is 2.32. The van der Waals surface area contributed by atoms with Crippen LogP contribution in [0, 0.1) is 0 Å². The van der Waals surface area contributed by atoms with Crippen LogP contribution in [-0.2, 0) is 11.2 Å². The van der Waals surface area contributed by atoms with E-state index < -0.39 is 6.61 Å². The van der Waals surface area contributed by atoms with E-state index in [0.717, 1.165) is 37.1 Å². The Morgan fingerprint density at radius 3 is 2.95 bits per heavy atom. The van der Waals surface area contributed by atoms with E-state index in [9.17, 15) is 4.79 Å². The highest BCUT2D eigenvalue weighted by Gasteiger charge is 2.26. The summed E-state index contributed by atoms with van der Waals surface area (Å²) < 4.78 is 2.25. The normalized spacial score (nSPS) is 18.5. The van der Waals surface area contributed by atoms with Gasteiger partial charge in [0.1, 0.15) is 17.9 Å². The summed E-state index contributed by atoms with van der Waals surface area (Å²) in [5.41, 5.74) is 3.38. The van der Waals surface area contributed by atoms with E-state index in [-0.39, 0.29) is 5.91 Å². The number of amides is 1. The van der Waals surface area contributed by atoms with Crippen LogP contribution in [0.25, 0.3) is 11.0 Å². The summed E-state index contributed by atoms with van der Waals surface area (Å²) in [6.45, 7) is 1.91. The number of carbonyl (C=O) groups excluding carboxylic acids is 1. The van der Waals surface area contributed by atoms with Gasteiger partial charge in [-0.2, -0.15) is 0 Å². The number of rotatable bonds is 2. The number of anilines is 1. The van der Waals surface area contributed by atoms with E-state index in [2.05, 4.69) is 19.9 Å². The van der Waals surface area contributed by atoms with Crippen LogP contribution < -0.4 is 5.32 Å². The van der Waals surface area contributed by atoms with E-state index in [1.807, 2.05) is 12.5 Å². The highest BCUT2D eigenvalue weighted by molar-refractivity contribution is 5.83. The van der Waals surface area contributed by atoms with Crippen LogP contribution in [0.2, 0.25) is 0 Å². The van der Waals surface area contributed by atoms with Crippen LogP contribution in [0.4, 0.5) is 5.82 Å². The molecular formula is C15H19N5O2. The van der Waals surface area contributed by atoms with Gasteiger partial charge in [0.2, 0.25) is 5.91 Å². The van der Waals surface area contributed by atoms with Gasteiger partial charge in [-0.05, 0) is 19.3 Å². The fourth-order valence-corrected chi connectivity index (χ4v) is 3.56. The Labute approximate surface area is 128 Å². The fourth-order valence-electron chi connectivity index (χ4n) is 3.56. The van der Waals surface area contributed by atoms with Crippen molar-refractivity contribution < 1.29 is 9.90 Å². The molecule has 2 aromatic heterocycles. The van der Waals surface area contributed by atoms with Crippen molar-refractivity contribution in [3.63, 3.8) is 0 Å². The van der Waals surface area contributed by atoms with Crippen molar-refractivity contribution in [3.8, 4) is 0 Å². The summed E-state index contributed by atoms with van der Waals surface area (Å²) in [5, 5.41) is 12.3. The Morgan fingerprint density at radius 2 is 2.18 bits per heavy atom. The van der Waals surface area contributed by atoms with Crippen molar-refractivity contribution in [2.24, 2.45) is 0 Å². The number of likely N-dealkylation sites (tertiary alicyclic amines) is 1. The third-order valence-corrected chi connectivity index (χ3v) is 4.72. The number of nitrogens with one attached hydrogen (secondary N) is 1. The van der Waals surface area contributed by atoms with Crippen molar-refractivity contribution in [3.05, 3.63) is 18.1 Å². The number of aromatic nitrogens is 3. The molecule has 2 aromatic rings. The van der Waals surface area contributed by atoms with Crippen LogP contribution >= 0.6 is 0 Å². The molecule has 116 valence electrons. The average Bonchev–Trinajstić information content (AvgIpc) is 3.19. The van der Waals surface area contributed by atoms with Gasteiger partial charge in [-0.25, -0.2) is 9.97 Å². The molecule has 22 heavy (non-hydrogen) atoms. The monoisotopic (exact) mass is 301 g/mol. The van der Waals surface area contributed by atoms with E-state index in [4.69, 9.17) is 5.11 Å². The molecule has 0 atom stereocenters. The first kappa shape index (κ1) is 13.5. The SMILES string of the molecule is O=C(CO)N1CCC(n2cnc3cnc4c(c32)CCN4)CC1.